The van der Waals surface area contributed by atoms with E-state index in [-0.39, 0.29) is 11.5 Å². The summed E-state index contributed by atoms with van der Waals surface area (Å²) >= 11 is 1.43. The van der Waals surface area contributed by atoms with E-state index in [1.807, 2.05) is 12.1 Å². The van der Waals surface area contributed by atoms with Crippen molar-refractivity contribution in [2.24, 2.45) is 5.73 Å². The first-order valence-corrected chi connectivity index (χ1v) is 13.0. The van der Waals surface area contributed by atoms with Gasteiger partial charge >= 0.3 is 0 Å². The summed E-state index contributed by atoms with van der Waals surface area (Å²) in [6, 6.07) is 19.2. The number of aromatic hydroxyl groups is 1. The van der Waals surface area contributed by atoms with Gasteiger partial charge in [-0.1, -0.05) is 18.6 Å². The number of hydrogen-bond donors (Lipinski definition) is 2. The first kappa shape index (κ1) is 24.0. The van der Waals surface area contributed by atoms with Crippen molar-refractivity contribution >= 4 is 33.1 Å². The number of ketones is 1. The van der Waals surface area contributed by atoms with E-state index in [4.69, 9.17) is 10.5 Å². The number of nitrogens with two attached hydrogens (primary N) is 1. The van der Waals surface area contributed by atoms with Crippen molar-refractivity contribution in [1.82, 2.24) is 4.90 Å². The van der Waals surface area contributed by atoms with Crippen LogP contribution in [0.15, 0.2) is 66.7 Å². The number of carbonyl (C=O) groups is 2. The molecular formula is C29H28N2O4S. The molecule has 36 heavy (non-hydrogen) atoms. The monoisotopic (exact) mass is 500 g/mol. The molecule has 2 heterocycles. The number of rotatable bonds is 8. The van der Waals surface area contributed by atoms with E-state index in [2.05, 4.69) is 4.90 Å². The molecule has 0 bridgehead atoms. The number of hydrogen-bond acceptors (Lipinski definition) is 6. The van der Waals surface area contributed by atoms with Crippen LogP contribution in [0.3, 0.4) is 0 Å². The maximum Gasteiger partial charge on any atom is 0.248 e. The molecule has 0 radical (unpaired) electrons. The Bertz CT molecular complexity index is 1390. The van der Waals surface area contributed by atoms with Crippen molar-refractivity contribution in [3.8, 4) is 21.9 Å². The predicted octanol–water partition coefficient (Wildman–Crippen LogP) is 5.47. The molecule has 6 nitrogen and oxygen atoms in total. The summed E-state index contributed by atoms with van der Waals surface area (Å²) in [4.78, 5) is 28.4. The van der Waals surface area contributed by atoms with Crippen LogP contribution in [-0.2, 0) is 0 Å². The van der Waals surface area contributed by atoms with Crippen LogP contribution in [0.25, 0.3) is 20.5 Å². The van der Waals surface area contributed by atoms with Gasteiger partial charge < -0.3 is 15.6 Å². The molecule has 4 aromatic rings. The van der Waals surface area contributed by atoms with Crippen molar-refractivity contribution in [3.05, 3.63) is 83.4 Å². The molecule has 3 aromatic carbocycles. The molecule has 1 fully saturated rings. The Morgan fingerprint density at radius 3 is 2.31 bits per heavy atom. The zero-order valence-corrected chi connectivity index (χ0v) is 20.7. The normalized spacial score (nSPS) is 14.1. The number of phenolic OH excluding ortho intramolecular Hbond substituents is 1. The second-order valence-electron chi connectivity index (χ2n) is 9.03. The number of likely N-dealkylation sites (tertiary alicyclic amines) is 1. The van der Waals surface area contributed by atoms with Crippen LogP contribution in [0.2, 0.25) is 0 Å². The van der Waals surface area contributed by atoms with Gasteiger partial charge in [-0.3, -0.25) is 14.5 Å². The van der Waals surface area contributed by atoms with Crippen LogP contribution >= 0.6 is 11.3 Å². The van der Waals surface area contributed by atoms with Gasteiger partial charge in [-0.2, -0.15) is 0 Å². The highest BCUT2D eigenvalue weighted by molar-refractivity contribution is 7.22. The number of nitrogens with zero attached hydrogens (tertiary/aromatic N) is 1. The third-order valence-corrected chi connectivity index (χ3v) is 7.78. The maximum atomic E-state index is 13.7. The second-order valence-corrected chi connectivity index (χ2v) is 10.1. The molecule has 0 atom stereocenters. The smallest absolute Gasteiger partial charge is 0.248 e. The highest BCUT2D eigenvalue weighted by Gasteiger charge is 2.22. The number of piperidine rings is 1. The number of amides is 1. The average molecular weight is 501 g/mol. The number of primary amides is 1. The molecule has 1 aliphatic heterocycles. The summed E-state index contributed by atoms with van der Waals surface area (Å²) in [6.07, 6.45) is 3.82. The van der Waals surface area contributed by atoms with Gasteiger partial charge in [-0.05, 0) is 86.1 Å². The minimum atomic E-state index is -0.502. The Morgan fingerprint density at radius 2 is 1.61 bits per heavy atom. The summed E-state index contributed by atoms with van der Waals surface area (Å²) in [5, 5.41) is 10.8. The number of carbonyl (C=O) groups excluding carboxylic acids is 2. The quantitative estimate of drug-likeness (QED) is 0.313. The molecule has 1 aromatic heterocycles. The fourth-order valence-corrected chi connectivity index (χ4v) is 5.86. The second kappa shape index (κ2) is 10.5. The lowest BCUT2D eigenvalue weighted by Crippen LogP contribution is -2.33. The van der Waals surface area contributed by atoms with Crippen molar-refractivity contribution in [1.29, 1.82) is 0 Å². The van der Waals surface area contributed by atoms with E-state index in [9.17, 15) is 14.7 Å². The lowest BCUT2D eigenvalue weighted by Gasteiger charge is -2.26. The van der Waals surface area contributed by atoms with E-state index < -0.39 is 5.91 Å². The standard InChI is InChI=1S/C29H28N2O4S/c30-29(34)21-6-4-20(5-7-21)28-26(24-13-10-22(32)18-25(24)36-28)27(33)19-8-11-23(12-9-19)35-17-16-31-14-2-1-3-15-31/h4-13,18,32H,1-3,14-17H2,(H2,30,34). The summed E-state index contributed by atoms with van der Waals surface area (Å²) in [5.74, 6) is 0.272. The number of ether oxygens (including phenoxy) is 1. The number of thiophene rings is 1. The van der Waals surface area contributed by atoms with Gasteiger partial charge in [0, 0.05) is 38.2 Å². The lowest BCUT2D eigenvalue weighted by molar-refractivity contribution is 0.0998. The third kappa shape index (κ3) is 5.12. The molecule has 1 saturated heterocycles. The van der Waals surface area contributed by atoms with Crippen LogP contribution in [0.4, 0.5) is 0 Å². The molecule has 1 aliphatic rings. The zero-order valence-electron chi connectivity index (χ0n) is 19.9. The van der Waals surface area contributed by atoms with E-state index in [0.717, 1.165) is 45.9 Å². The fourth-order valence-electron chi connectivity index (χ4n) is 4.62. The average Bonchev–Trinajstić information content (AvgIpc) is 3.28. The highest BCUT2D eigenvalue weighted by atomic mass is 32.1. The summed E-state index contributed by atoms with van der Waals surface area (Å²) in [7, 11) is 0. The van der Waals surface area contributed by atoms with Crippen molar-refractivity contribution in [2.45, 2.75) is 19.3 Å². The fraction of sp³-hybridized carbons (Fsp3) is 0.241. The molecule has 3 N–H and O–H groups in total. The van der Waals surface area contributed by atoms with Crippen LogP contribution in [0.5, 0.6) is 11.5 Å². The van der Waals surface area contributed by atoms with Gasteiger partial charge in [-0.25, -0.2) is 0 Å². The van der Waals surface area contributed by atoms with Crippen LogP contribution in [0.1, 0.15) is 45.5 Å². The summed E-state index contributed by atoms with van der Waals surface area (Å²) in [5.41, 5.74) is 7.72. The number of fused-ring (bicyclic) bond motifs is 1. The molecular weight excluding hydrogens is 472 g/mol. The largest absolute Gasteiger partial charge is 0.508 e. The van der Waals surface area contributed by atoms with E-state index in [1.54, 1.807) is 54.6 Å². The zero-order chi connectivity index (χ0) is 25.1. The SMILES string of the molecule is NC(=O)c1ccc(-c2sc3cc(O)ccc3c2C(=O)c2ccc(OCCN3CCCCC3)cc2)cc1. The molecule has 0 unspecified atom stereocenters. The van der Waals surface area contributed by atoms with E-state index in [0.29, 0.717) is 23.3 Å². The molecule has 0 spiro atoms. The van der Waals surface area contributed by atoms with Crippen molar-refractivity contribution in [3.63, 3.8) is 0 Å². The Hall–Kier alpha value is -3.68. The van der Waals surface area contributed by atoms with Gasteiger partial charge in [0.25, 0.3) is 0 Å². The van der Waals surface area contributed by atoms with Gasteiger partial charge in [0.2, 0.25) is 5.91 Å². The Kier molecular flexibility index (Phi) is 7.02. The third-order valence-electron chi connectivity index (χ3n) is 6.57. The van der Waals surface area contributed by atoms with Crippen LogP contribution in [0, 0.1) is 0 Å². The van der Waals surface area contributed by atoms with Gasteiger partial charge in [-0.15, -0.1) is 11.3 Å². The number of benzene rings is 3. The topological polar surface area (TPSA) is 92.9 Å². The Morgan fingerprint density at radius 1 is 0.917 bits per heavy atom. The van der Waals surface area contributed by atoms with Crippen LogP contribution < -0.4 is 10.5 Å². The molecule has 0 aliphatic carbocycles. The summed E-state index contributed by atoms with van der Waals surface area (Å²) in [6.45, 7) is 3.80. The van der Waals surface area contributed by atoms with Gasteiger partial charge in [0.15, 0.2) is 5.78 Å². The summed E-state index contributed by atoms with van der Waals surface area (Å²) < 4.78 is 6.73. The minimum Gasteiger partial charge on any atom is -0.508 e. The van der Waals surface area contributed by atoms with Crippen LogP contribution in [-0.4, -0.2) is 47.9 Å². The maximum absolute atomic E-state index is 13.7. The molecule has 5 rings (SSSR count). The van der Waals surface area contributed by atoms with E-state index >= 15 is 0 Å². The lowest BCUT2D eigenvalue weighted by atomic mass is 9.97. The molecule has 184 valence electrons. The predicted molar refractivity (Wildman–Crippen MR) is 143 cm³/mol. The van der Waals surface area contributed by atoms with Crippen molar-refractivity contribution < 1.29 is 19.4 Å². The van der Waals surface area contributed by atoms with Gasteiger partial charge in [0.1, 0.15) is 18.1 Å². The van der Waals surface area contributed by atoms with Gasteiger partial charge in [0.05, 0.1) is 0 Å². The minimum absolute atomic E-state index is 0.110. The first-order chi connectivity index (χ1) is 17.5. The number of phenols is 1. The Balaban J connectivity index is 1.40. The first-order valence-electron chi connectivity index (χ1n) is 12.2. The molecule has 1 amide bonds. The Labute approximate surface area is 213 Å². The highest BCUT2D eigenvalue weighted by Crippen LogP contribution is 2.41. The van der Waals surface area contributed by atoms with Crippen molar-refractivity contribution in [2.75, 3.05) is 26.2 Å². The van der Waals surface area contributed by atoms with E-state index in [1.165, 1.54) is 30.6 Å². The molecule has 0 saturated carbocycles. The molecule has 7 heteroatoms.